The number of nitrogens with zero attached hydrogens (tertiary/aromatic N) is 1. The maximum absolute atomic E-state index is 14.2. The fraction of sp³-hybridized carbons (Fsp3) is 0.909. The van der Waals surface area contributed by atoms with Crippen LogP contribution in [0.25, 0.3) is 0 Å². The molecule has 0 aliphatic carbocycles. The van der Waals surface area contributed by atoms with Crippen LogP contribution in [0.15, 0.2) is 0 Å². The molecule has 1 aliphatic heterocycles. The molecule has 2 unspecified atom stereocenters. The van der Waals surface area contributed by atoms with E-state index in [-0.39, 0.29) is 11.9 Å². The molecular weight excluding hydrogens is 195 g/mol. The number of nitrogens with one attached hydrogen (secondary N) is 1. The van der Waals surface area contributed by atoms with Crippen LogP contribution in [0.5, 0.6) is 0 Å². The molecule has 1 heterocycles. The van der Waals surface area contributed by atoms with Gasteiger partial charge >= 0.3 is 0 Å². The third kappa shape index (κ3) is 3.16. The van der Waals surface area contributed by atoms with Crippen LogP contribution in [0.2, 0.25) is 0 Å². The van der Waals surface area contributed by atoms with Gasteiger partial charge in [0.25, 0.3) is 0 Å². The second-order valence-corrected chi connectivity index (χ2v) is 4.88. The molecule has 4 heteroatoms. The maximum Gasteiger partial charge on any atom is 0.217 e. The molecule has 0 saturated carbocycles. The zero-order valence-electron chi connectivity index (χ0n) is 10.0. The Labute approximate surface area is 91.0 Å². The van der Waals surface area contributed by atoms with Gasteiger partial charge in [0.1, 0.15) is 5.67 Å². The Morgan fingerprint density at radius 1 is 1.60 bits per heavy atom. The Kier molecular flexibility index (Phi) is 3.71. The molecule has 1 saturated heterocycles. The van der Waals surface area contributed by atoms with Gasteiger partial charge in [-0.3, -0.25) is 9.69 Å². The van der Waals surface area contributed by atoms with Crippen molar-refractivity contribution in [1.29, 1.82) is 0 Å². The van der Waals surface area contributed by atoms with Crippen LogP contribution >= 0.6 is 0 Å². The van der Waals surface area contributed by atoms with Crippen molar-refractivity contribution in [2.75, 3.05) is 13.1 Å². The Hall–Kier alpha value is -0.640. The number of likely N-dealkylation sites (tertiary alicyclic amines) is 1. The molecule has 1 N–H and O–H groups in total. The highest BCUT2D eigenvalue weighted by Crippen LogP contribution is 2.26. The minimum absolute atomic E-state index is 0.151. The van der Waals surface area contributed by atoms with Gasteiger partial charge in [0.15, 0.2) is 0 Å². The first-order valence-corrected chi connectivity index (χ1v) is 5.53. The number of rotatable bonds is 2. The van der Waals surface area contributed by atoms with E-state index >= 15 is 0 Å². The Morgan fingerprint density at radius 2 is 2.20 bits per heavy atom. The lowest BCUT2D eigenvalue weighted by molar-refractivity contribution is -0.121. The first kappa shape index (κ1) is 12.4. The summed E-state index contributed by atoms with van der Waals surface area (Å²) in [5.41, 5.74) is -1.33. The molecule has 1 aliphatic rings. The second-order valence-electron chi connectivity index (χ2n) is 4.88. The van der Waals surface area contributed by atoms with Crippen molar-refractivity contribution < 1.29 is 9.18 Å². The van der Waals surface area contributed by atoms with Crippen molar-refractivity contribution in [3.63, 3.8) is 0 Å². The largest absolute Gasteiger partial charge is 0.350 e. The van der Waals surface area contributed by atoms with Gasteiger partial charge in [-0.1, -0.05) is 0 Å². The van der Waals surface area contributed by atoms with Crippen molar-refractivity contribution >= 4 is 5.91 Å². The second kappa shape index (κ2) is 4.47. The normalized spacial score (nSPS) is 33.1. The van der Waals surface area contributed by atoms with E-state index < -0.39 is 5.67 Å². The highest BCUT2D eigenvalue weighted by Gasteiger charge is 2.40. The van der Waals surface area contributed by atoms with Crippen molar-refractivity contribution in [3.8, 4) is 0 Å². The number of hydrogen-bond donors (Lipinski definition) is 1. The fourth-order valence-electron chi connectivity index (χ4n) is 2.09. The SMILES string of the molecule is CC(=O)NC1CCN(C(C)C)CC1(C)F. The van der Waals surface area contributed by atoms with Gasteiger partial charge in [-0.05, 0) is 27.2 Å². The molecule has 1 amide bonds. The smallest absolute Gasteiger partial charge is 0.217 e. The van der Waals surface area contributed by atoms with Gasteiger partial charge in [-0.25, -0.2) is 4.39 Å². The van der Waals surface area contributed by atoms with Crippen molar-refractivity contribution in [2.45, 2.75) is 51.9 Å². The van der Waals surface area contributed by atoms with Crippen LogP contribution in [0.4, 0.5) is 4.39 Å². The molecule has 0 aromatic rings. The number of carbonyl (C=O) groups excluding carboxylic acids is 1. The average Bonchev–Trinajstić information content (AvgIpc) is 2.07. The van der Waals surface area contributed by atoms with Crippen LogP contribution in [0.1, 0.15) is 34.1 Å². The summed E-state index contributed by atoms with van der Waals surface area (Å²) < 4.78 is 14.2. The third-order valence-corrected chi connectivity index (χ3v) is 3.05. The number of amides is 1. The summed E-state index contributed by atoms with van der Waals surface area (Å²) in [6.07, 6.45) is 0.685. The van der Waals surface area contributed by atoms with E-state index in [1.807, 2.05) is 0 Å². The molecule has 88 valence electrons. The molecule has 2 atom stereocenters. The van der Waals surface area contributed by atoms with E-state index in [1.54, 1.807) is 6.92 Å². The van der Waals surface area contributed by atoms with Crippen LogP contribution < -0.4 is 5.32 Å². The number of alkyl halides is 1. The zero-order chi connectivity index (χ0) is 11.6. The molecule has 0 bridgehead atoms. The molecule has 0 aromatic carbocycles. The standard InChI is InChI=1S/C11H21FN2O/c1-8(2)14-6-5-10(13-9(3)15)11(4,12)7-14/h8,10H,5-7H2,1-4H3,(H,13,15). The summed E-state index contributed by atoms with van der Waals surface area (Å²) in [6.45, 7) is 8.38. The molecule has 0 spiro atoms. The minimum Gasteiger partial charge on any atom is -0.350 e. The average molecular weight is 216 g/mol. The van der Waals surface area contributed by atoms with Gasteiger partial charge in [0, 0.05) is 26.1 Å². The van der Waals surface area contributed by atoms with Gasteiger partial charge < -0.3 is 5.32 Å². The van der Waals surface area contributed by atoms with Crippen LogP contribution in [-0.4, -0.2) is 41.6 Å². The molecule has 15 heavy (non-hydrogen) atoms. The monoisotopic (exact) mass is 216 g/mol. The Balaban J connectivity index is 2.62. The van der Waals surface area contributed by atoms with Crippen LogP contribution in [0, 0.1) is 0 Å². The summed E-state index contributed by atoms with van der Waals surface area (Å²) in [6, 6.07) is 0.0170. The highest BCUT2D eigenvalue weighted by molar-refractivity contribution is 5.73. The van der Waals surface area contributed by atoms with E-state index in [9.17, 15) is 9.18 Å². The maximum atomic E-state index is 14.2. The first-order chi connectivity index (χ1) is 6.83. The Bertz CT molecular complexity index is 241. The van der Waals surface area contributed by atoms with Gasteiger partial charge in [0.2, 0.25) is 5.91 Å². The van der Waals surface area contributed by atoms with Crippen LogP contribution in [0.3, 0.4) is 0 Å². The third-order valence-electron chi connectivity index (χ3n) is 3.05. The predicted molar refractivity (Wildman–Crippen MR) is 58.4 cm³/mol. The number of hydrogen-bond acceptors (Lipinski definition) is 2. The highest BCUT2D eigenvalue weighted by atomic mass is 19.1. The molecule has 0 radical (unpaired) electrons. The number of halogens is 1. The van der Waals surface area contributed by atoms with Crippen molar-refractivity contribution in [1.82, 2.24) is 10.2 Å². The molecule has 1 fully saturated rings. The van der Waals surface area contributed by atoms with E-state index in [0.29, 0.717) is 19.0 Å². The minimum atomic E-state index is -1.33. The van der Waals surface area contributed by atoms with Gasteiger partial charge in [-0.2, -0.15) is 0 Å². The summed E-state index contributed by atoms with van der Waals surface area (Å²) in [4.78, 5) is 13.0. The van der Waals surface area contributed by atoms with Gasteiger partial charge in [-0.15, -0.1) is 0 Å². The van der Waals surface area contributed by atoms with E-state index in [4.69, 9.17) is 0 Å². The van der Waals surface area contributed by atoms with Crippen molar-refractivity contribution in [3.05, 3.63) is 0 Å². The number of piperidine rings is 1. The fourth-order valence-corrected chi connectivity index (χ4v) is 2.09. The van der Waals surface area contributed by atoms with Crippen molar-refractivity contribution in [2.24, 2.45) is 0 Å². The van der Waals surface area contributed by atoms with Gasteiger partial charge in [0.05, 0.1) is 6.04 Å². The zero-order valence-corrected chi connectivity index (χ0v) is 10.0. The predicted octanol–water partition coefficient (Wildman–Crippen LogP) is 1.33. The first-order valence-electron chi connectivity index (χ1n) is 5.53. The molecule has 3 nitrogen and oxygen atoms in total. The quantitative estimate of drug-likeness (QED) is 0.755. The summed E-state index contributed by atoms with van der Waals surface area (Å²) in [5.74, 6) is -0.151. The molecule has 1 rings (SSSR count). The number of carbonyl (C=O) groups is 1. The lowest BCUT2D eigenvalue weighted by Crippen LogP contribution is -2.59. The summed E-state index contributed by atoms with van der Waals surface area (Å²) >= 11 is 0. The lowest BCUT2D eigenvalue weighted by atomic mass is 9.90. The summed E-state index contributed by atoms with van der Waals surface area (Å²) in [7, 11) is 0. The van der Waals surface area contributed by atoms with Crippen LogP contribution in [-0.2, 0) is 4.79 Å². The van der Waals surface area contributed by atoms with E-state index in [0.717, 1.165) is 6.54 Å². The van der Waals surface area contributed by atoms with E-state index in [2.05, 4.69) is 24.1 Å². The topological polar surface area (TPSA) is 32.3 Å². The lowest BCUT2D eigenvalue weighted by Gasteiger charge is -2.43. The summed E-state index contributed by atoms with van der Waals surface area (Å²) in [5, 5.41) is 2.69. The Morgan fingerprint density at radius 3 is 2.60 bits per heavy atom. The van der Waals surface area contributed by atoms with E-state index in [1.165, 1.54) is 6.92 Å². The molecule has 0 aromatic heterocycles. The molecular formula is C11H21FN2O.